The van der Waals surface area contributed by atoms with E-state index in [1.165, 1.54) is 6.21 Å². The summed E-state index contributed by atoms with van der Waals surface area (Å²) in [6.45, 7) is 2.16. The van der Waals surface area contributed by atoms with Gasteiger partial charge in [-0.25, -0.2) is 10.4 Å². The number of rotatable bonds is 8. The first-order valence-corrected chi connectivity index (χ1v) is 10.8. The molecule has 0 bridgehead atoms. The lowest BCUT2D eigenvalue weighted by atomic mass is 10.0. The second-order valence-electron chi connectivity index (χ2n) is 7.14. The van der Waals surface area contributed by atoms with Gasteiger partial charge in [0.15, 0.2) is 11.5 Å². The molecule has 1 heterocycles. The lowest BCUT2D eigenvalue weighted by molar-refractivity contribution is -0.120. The zero-order valence-electron chi connectivity index (χ0n) is 18.2. The van der Waals surface area contributed by atoms with Crippen molar-refractivity contribution >= 4 is 34.5 Å². The normalized spacial score (nSPS) is 11.0. The van der Waals surface area contributed by atoms with E-state index in [4.69, 9.17) is 21.1 Å². The van der Waals surface area contributed by atoms with Gasteiger partial charge < -0.3 is 9.47 Å². The molecular weight excluding hydrogens is 459 g/mol. The second-order valence-corrected chi connectivity index (χ2v) is 7.48. The number of amides is 1. The van der Waals surface area contributed by atoms with Gasteiger partial charge in [0.05, 0.1) is 25.4 Å². The molecular formula is C25H20ClFN4O3. The van der Waals surface area contributed by atoms with Crippen molar-refractivity contribution in [1.82, 2.24) is 15.4 Å². The van der Waals surface area contributed by atoms with Gasteiger partial charge in [-0.05, 0) is 58.6 Å². The minimum Gasteiger partial charge on any atom is -0.490 e. The maximum absolute atomic E-state index is 13.9. The number of benzene rings is 3. The van der Waals surface area contributed by atoms with Crippen LogP contribution < -0.4 is 14.9 Å². The van der Waals surface area contributed by atoms with Gasteiger partial charge in [0.2, 0.25) is 17.0 Å². The van der Waals surface area contributed by atoms with Gasteiger partial charge in [0.25, 0.3) is 5.88 Å². The van der Waals surface area contributed by atoms with Crippen LogP contribution in [0.25, 0.3) is 10.8 Å². The van der Waals surface area contributed by atoms with Crippen molar-refractivity contribution in [2.75, 3.05) is 6.61 Å². The Bertz CT molecular complexity index is 1360. The van der Waals surface area contributed by atoms with Crippen LogP contribution in [0.3, 0.4) is 0 Å². The Morgan fingerprint density at radius 1 is 1.15 bits per heavy atom. The zero-order chi connectivity index (χ0) is 23.9. The van der Waals surface area contributed by atoms with Crippen LogP contribution in [0.4, 0.5) is 4.39 Å². The summed E-state index contributed by atoms with van der Waals surface area (Å²) < 4.78 is 25.0. The van der Waals surface area contributed by atoms with Crippen LogP contribution >= 0.6 is 11.6 Å². The fourth-order valence-corrected chi connectivity index (χ4v) is 3.43. The molecule has 0 aliphatic heterocycles. The number of carbonyl (C=O) groups is 1. The Morgan fingerprint density at radius 2 is 1.97 bits per heavy atom. The number of ether oxygens (including phenoxy) is 2. The minimum absolute atomic E-state index is 0.141. The van der Waals surface area contributed by atoms with Gasteiger partial charge in [-0.15, -0.1) is 0 Å². The lowest BCUT2D eigenvalue weighted by Crippen LogP contribution is -2.19. The Hall–Kier alpha value is -4.04. The Labute approximate surface area is 200 Å². The molecule has 0 atom stereocenters. The molecule has 172 valence electrons. The fourth-order valence-electron chi connectivity index (χ4n) is 3.30. The quantitative estimate of drug-likeness (QED) is 0.211. The Balaban J connectivity index is 1.44. The third kappa shape index (κ3) is 5.65. The van der Waals surface area contributed by atoms with Gasteiger partial charge in [0.1, 0.15) is 0 Å². The number of fused-ring (bicyclic) bond motifs is 1. The molecule has 0 spiro atoms. The minimum atomic E-state index is -0.758. The van der Waals surface area contributed by atoms with Gasteiger partial charge >= 0.3 is 0 Å². The molecule has 7 nitrogen and oxygen atoms in total. The molecule has 0 aliphatic rings. The summed E-state index contributed by atoms with van der Waals surface area (Å²) in [4.78, 5) is 19.7. The molecule has 0 radical (unpaired) electrons. The predicted molar refractivity (Wildman–Crippen MR) is 128 cm³/mol. The van der Waals surface area contributed by atoms with Crippen molar-refractivity contribution in [2.24, 2.45) is 5.10 Å². The fraction of sp³-hybridized carbons (Fsp3) is 0.120. The highest BCUT2D eigenvalue weighted by molar-refractivity contribution is 6.28. The molecule has 1 aromatic heterocycles. The van der Waals surface area contributed by atoms with E-state index in [0.29, 0.717) is 17.9 Å². The average Bonchev–Trinajstić information content (AvgIpc) is 2.83. The number of aromatic nitrogens is 2. The van der Waals surface area contributed by atoms with Crippen LogP contribution in [0.5, 0.6) is 17.4 Å². The first-order valence-electron chi connectivity index (χ1n) is 10.4. The van der Waals surface area contributed by atoms with Crippen molar-refractivity contribution in [3.05, 3.63) is 89.1 Å². The molecule has 0 aliphatic carbocycles. The molecule has 0 saturated carbocycles. The molecule has 3 aromatic carbocycles. The highest BCUT2D eigenvalue weighted by Crippen LogP contribution is 2.32. The predicted octanol–water partition coefficient (Wildman–Crippen LogP) is 5.31. The summed E-state index contributed by atoms with van der Waals surface area (Å²) in [5.74, 6) is -0.724. The summed E-state index contributed by atoms with van der Waals surface area (Å²) in [7, 11) is 0. The summed E-state index contributed by atoms with van der Waals surface area (Å²) in [5.41, 5.74) is 4.10. The second kappa shape index (κ2) is 10.7. The molecule has 34 heavy (non-hydrogen) atoms. The number of carbonyl (C=O) groups excluding carboxylic acids is 1. The average molecular weight is 479 g/mol. The van der Waals surface area contributed by atoms with Crippen LogP contribution in [0.15, 0.2) is 72.0 Å². The van der Waals surface area contributed by atoms with Gasteiger partial charge in [-0.2, -0.15) is 14.5 Å². The van der Waals surface area contributed by atoms with Crippen LogP contribution in [-0.4, -0.2) is 28.7 Å². The van der Waals surface area contributed by atoms with Crippen molar-refractivity contribution < 1.29 is 18.7 Å². The zero-order valence-corrected chi connectivity index (χ0v) is 18.9. The van der Waals surface area contributed by atoms with E-state index in [1.54, 1.807) is 25.1 Å². The standard InChI is InChI=1S/C25H20ClFN4O3/c1-2-33-22-12-16(10-11-21(22)34-24-20(27)15-28-25(26)30-24)14-29-31-23(32)13-18-8-5-7-17-6-3-4-9-19(17)18/h3-12,14-15H,2,13H2,1H3,(H,31,32)/b29-14-. The number of nitrogens with zero attached hydrogens (tertiary/aromatic N) is 3. The molecule has 1 N–H and O–H groups in total. The lowest BCUT2D eigenvalue weighted by Gasteiger charge is -2.12. The van der Waals surface area contributed by atoms with Crippen molar-refractivity contribution in [3.63, 3.8) is 0 Å². The summed E-state index contributed by atoms with van der Waals surface area (Å²) in [6, 6.07) is 18.7. The molecule has 0 unspecified atom stereocenters. The number of nitrogens with one attached hydrogen (secondary N) is 1. The van der Waals surface area contributed by atoms with Crippen molar-refractivity contribution in [3.8, 4) is 17.4 Å². The van der Waals surface area contributed by atoms with Crippen LogP contribution in [0.1, 0.15) is 18.1 Å². The van der Waals surface area contributed by atoms with Gasteiger partial charge in [-0.3, -0.25) is 4.79 Å². The number of hydrogen-bond donors (Lipinski definition) is 1. The van der Waals surface area contributed by atoms with E-state index < -0.39 is 5.82 Å². The first kappa shape index (κ1) is 23.1. The van der Waals surface area contributed by atoms with Crippen LogP contribution in [0.2, 0.25) is 5.28 Å². The molecule has 1 amide bonds. The Morgan fingerprint density at radius 3 is 2.82 bits per heavy atom. The van der Waals surface area contributed by atoms with E-state index in [0.717, 1.165) is 22.5 Å². The van der Waals surface area contributed by atoms with Crippen molar-refractivity contribution in [1.29, 1.82) is 0 Å². The summed E-state index contributed by atoms with van der Waals surface area (Å²) in [6.07, 6.45) is 2.60. The van der Waals surface area contributed by atoms with E-state index in [-0.39, 0.29) is 29.2 Å². The monoisotopic (exact) mass is 478 g/mol. The van der Waals surface area contributed by atoms with Gasteiger partial charge in [-0.1, -0.05) is 42.5 Å². The van der Waals surface area contributed by atoms with Gasteiger partial charge in [0, 0.05) is 0 Å². The highest BCUT2D eigenvalue weighted by Gasteiger charge is 2.13. The SMILES string of the molecule is CCOc1cc(/C=N\NC(=O)Cc2cccc3ccccc23)ccc1Oc1nc(Cl)ncc1F. The maximum atomic E-state index is 13.9. The summed E-state index contributed by atoms with van der Waals surface area (Å²) in [5, 5.41) is 6.00. The summed E-state index contributed by atoms with van der Waals surface area (Å²) >= 11 is 5.72. The largest absolute Gasteiger partial charge is 0.490 e. The third-order valence-corrected chi connectivity index (χ3v) is 4.97. The highest BCUT2D eigenvalue weighted by atomic mass is 35.5. The third-order valence-electron chi connectivity index (χ3n) is 4.79. The van der Waals surface area contributed by atoms with E-state index >= 15 is 0 Å². The molecule has 0 saturated heterocycles. The number of hydrogen-bond acceptors (Lipinski definition) is 6. The Kier molecular flexibility index (Phi) is 7.29. The van der Waals surface area contributed by atoms with Crippen LogP contribution in [-0.2, 0) is 11.2 Å². The van der Waals surface area contributed by atoms with E-state index in [9.17, 15) is 9.18 Å². The van der Waals surface area contributed by atoms with E-state index in [2.05, 4.69) is 20.5 Å². The topological polar surface area (TPSA) is 85.7 Å². The molecule has 9 heteroatoms. The molecule has 4 aromatic rings. The first-order chi connectivity index (χ1) is 16.5. The van der Waals surface area contributed by atoms with Crippen LogP contribution in [0, 0.1) is 5.82 Å². The maximum Gasteiger partial charge on any atom is 0.260 e. The molecule has 0 fully saturated rings. The number of hydrazone groups is 1. The van der Waals surface area contributed by atoms with Crippen molar-refractivity contribution in [2.45, 2.75) is 13.3 Å². The smallest absolute Gasteiger partial charge is 0.260 e. The van der Waals surface area contributed by atoms with E-state index in [1.807, 2.05) is 42.5 Å². The number of halogens is 2. The molecule has 4 rings (SSSR count).